The fourth-order valence-electron chi connectivity index (χ4n) is 3.87. The van der Waals surface area contributed by atoms with E-state index < -0.39 is 33.6 Å². The number of esters is 2. The first kappa shape index (κ1) is 24.6. The Kier molecular flexibility index (Phi) is 7.68. The van der Waals surface area contributed by atoms with Crippen LogP contribution >= 0.6 is 15.9 Å². The second kappa shape index (κ2) is 10.3. The number of carbonyl (C=O) groups excluding carboxylic acids is 3. The van der Waals surface area contributed by atoms with E-state index in [1.165, 1.54) is 30.5 Å². The summed E-state index contributed by atoms with van der Waals surface area (Å²) in [5.41, 5.74) is -0.798. The molecule has 0 saturated heterocycles. The Labute approximate surface area is 199 Å². The highest BCUT2D eigenvalue weighted by Gasteiger charge is 2.57. The summed E-state index contributed by atoms with van der Waals surface area (Å²) in [6.07, 6.45) is 1.53. The van der Waals surface area contributed by atoms with Gasteiger partial charge in [-0.25, -0.2) is 14.0 Å². The van der Waals surface area contributed by atoms with Gasteiger partial charge in [0.25, 0.3) is 0 Å². The van der Waals surface area contributed by atoms with Crippen molar-refractivity contribution in [2.45, 2.75) is 36.1 Å². The molecule has 0 aromatic heterocycles. The maximum absolute atomic E-state index is 14.2. The number of benzene rings is 2. The third-order valence-electron chi connectivity index (χ3n) is 5.46. The molecule has 0 saturated carbocycles. The van der Waals surface area contributed by atoms with Crippen LogP contribution in [0.3, 0.4) is 0 Å². The van der Waals surface area contributed by atoms with Crippen LogP contribution in [0.2, 0.25) is 0 Å². The first-order valence-electron chi connectivity index (χ1n) is 10.5. The minimum absolute atomic E-state index is 0.0351. The van der Waals surface area contributed by atoms with Crippen LogP contribution in [0.15, 0.2) is 66.9 Å². The Bertz CT molecular complexity index is 1040. The lowest BCUT2D eigenvalue weighted by Gasteiger charge is -2.35. The van der Waals surface area contributed by atoms with E-state index >= 15 is 0 Å². The van der Waals surface area contributed by atoms with Gasteiger partial charge in [-0.2, -0.15) is 0 Å². The summed E-state index contributed by atoms with van der Waals surface area (Å²) >= 11 is 3.23. The second-order valence-electron chi connectivity index (χ2n) is 7.45. The van der Waals surface area contributed by atoms with Crippen LogP contribution in [0.4, 0.5) is 4.39 Å². The van der Waals surface area contributed by atoms with E-state index in [0.717, 1.165) is 0 Å². The fourth-order valence-corrected chi connectivity index (χ4v) is 4.39. The zero-order valence-electron chi connectivity index (χ0n) is 18.3. The van der Waals surface area contributed by atoms with Crippen LogP contribution in [-0.4, -0.2) is 41.4 Å². The molecule has 1 aliphatic heterocycles. The molecule has 0 aliphatic carbocycles. The minimum atomic E-state index is -1.93. The van der Waals surface area contributed by atoms with Gasteiger partial charge in [0, 0.05) is 12.0 Å². The van der Waals surface area contributed by atoms with Gasteiger partial charge in [0.2, 0.25) is 4.32 Å². The first-order chi connectivity index (χ1) is 15.8. The van der Waals surface area contributed by atoms with E-state index in [9.17, 15) is 18.8 Å². The lowest BCUT2D eigenvalue weighted by molar-refractivity contribution is -0.159. The molecule has 0 N–H and O–H groups in total. The predicted molar refractivity (Wildman–Crippen MR) is 122 cm³/mol. The van der Waals surface area contributed by atoms with Gasteiger partial charge in [-0.15, -0.1) is 0 Å². The van der Waals surface area contributed by atoms with Crippen LogP contribution in [-0.2, 0) is 29.2 Å². The third kappa shape index (κ3) is 4.71. The highest BCUT2D eigenvalue weighted by molar-refractivity contribution is 9.10. The molecule has 0 radical (unpaired) electrons. The van der Waals surface area contributed by atoms with Crippen molar-refractivity contribution in [3.05, 3.63) is 83.9 Å². The molecule has 0 amide bonds. The fraction of sp³-hybridized carbons (Fsp3) is 0.320. The Hall–Kier alpha value is -3.00. The monoisotopic (exact) mass is 518 g/mol. The quantitative estimate of drug-likeness (QED) is 0.210. The number of ketones is 1. The summed E-state index contributed by atoms with van der Waals surface area (Å²) < 4.78 is 28.3. The average molecular weight is 519 g/mol. The van der Waals surface area contributed by atoms with Gasteiger partial charge in [0.1, 0.15) is 17.3 Å². The maximum Gasteiger partial charge on any atom is 0.334 e. The van der Waals surface area contributed by atoms with Crippen LogP contribution in [0.5, 0.6) is 0 Å². The summed E-state index contributed by atoms with van der Waals surface area (Å²) in [6, 6.07) is 14.1. The summed E-state index contributed by atoms with van der Waals surface area (Å²) in [4.78, 5) is 39.5. The highest BCUT2D eigenvalue weighted by atomic mass is 79.9. The summed E-state index contributed by atoms with van der Waals surface area (Å²) in [5, 5.41) is 0. The second-order valence-corrected chi connectivity index (χ2v) is 8.80. The van der Waals surface area contributed by atoms with Crippen LogP contribution in [0.25, 0.3) is 0 Å². The Balaban J connectivity index is 2.13. The molecule has 8 heteroatoms. The molecule has 0 fully saturated rings. The molecule has 3 rings (SSSR count). The van der Waals surface area contributed by atoms with Crippen LogP contribution in [0.1, 0.15) is 36.2 Å². The molecule has 1 heterocycles. The van der Waals surface area contributed by atoms with Crippen molar-refractivity contribution in [2.24, 2.45) is 0 Å². The number of rotatable bonds is 9. The number of Topliss-reactive ketones (excluding diaryl/α,β-unsaturated/α-hetero) is 1. The number of ether oxygens (including phenoxy) is 3. The Morgan fingerprint density at radius 1 is 1.03 bits per heavy atom. The van der Waals surface area contributed by atoms with E-state index in [-0.39, 0.29) is 25.4 Å². The molecule has 0 spiro atoms. The van der Waals surface area contributed by atoms with Crippen LogP contribution < -0.4 is 0 Å². The lowest BCUT2D eigenvalue weighted by atomic mass is 9.69. The summed E-state index contributed by atoms with van der Waals surface area (Å²) in [7, 11) is 0. The SMILES string of the molecule is CCOC(=O)C(Br)(CC1OC=CC1(C(=O)c1ccccc1)c1cccc(F)c1)C(=O)OCC. The summed E-state index contributed by atoms with van der Waals surface area (Å²) in [5.74, 6) is -2.62. The lowest BCUT2D eigenvalue weighted by Crippen LogP contribution is -2.52. The van der Waals surface area contributed by atoms with E-state index in [2.05, 4.69) is 15.9 Å². The van der Waals surface area contributed by atoms with E-state index in [1.54, 1.807) is 50.2 Å². The zero-order valence-corrected chi connectivity index (χ0v) is 19.8. The molecule has 0 bridgehead atoms. The molecular weight excluding hydrogens is 495 g/mol. The maximum atomic E-state index is 14.2. The molecular formula is C25H24BrFO6. The van der Waals surface area contributed by atoms with Crippen molar-refractivity contribution in [1.82, 2.24) is 0 Å². The van der Waals surface area contributed by atoms with Gasteiger partial charge in [-0.3, -0.25) is 4.79 Å². The predicted octanol–water partition coefficient (Wildman–Crippen LogP) is 4.51. The molecule has 6 nitrogen and oxygen atoms in total. The van der Waals surface area contributed by atoms with Crippen molar-refractivity contribution in [3.8, 4) is 0 Å². The number of hydrogen-bond donors (Lipinski definition) is 0. The van der Waals surface area contributed by atoms with Gasteiger partial charge >= 0.3 is 11.9 Å². The minimum Gasteiger partial charge on any atom is -0.496 e. The van der Waals surface area contributed by atoms with E-state index in [0.29, 0.717) is 11.1 Å². The van der Waals surface area contributed by atoms with Crippen LogP contribution in [0, 0.1) is 5.82 Å². The topological polar surface area (TPSA) is 78.9 Å². The van der Waals surface area contributed by atoms with Gasteiger partial charge < -0.3 is 14.2 Å². The standard InChI is InChI=1S/C25H24BrFO6/c1-3-31-22(29)25(26,23(30)32-4-2)16-20-24(13-14-33-20,18-11-8-12-19(27)15-18)21(28)17-9-6-5-7-10-17/h5-15,20H,3-4,16H2,1-2H3. The van der Waals surface area contributed by atoms with Crippen molar-refractivity contribution < 1.29 is 33.0 Å². The number of halogens is 2. The highest BCUT2D eigenvalue weighted by Crippen LogP contribution is 2.44. The van der Waals surface area contributed by atoms with Gasteiger partial charge in [-0.05, 0) is 37.6 Å². The van der Waals surface area contributed by atoms with Crippen molar-refractivity contribution in [3.63, 3.8) is 0 Å². The Morgan fingerprint density at radius 3 is 2.24 bits per heavy atom. The smallest absolute Gasteiger partial charge is 0.334 e. The van der Waals surface area contributed by atoms with Crippen molar-refractivity contribution >= 4 is 33.7 Å². The average Bonchev–Trinajstić information content (AvgIpc) is 3.23. The normalized spacial score (nSPS) is 19.6. The molecule has 2 aromatic carbocycles. The van der Waals surface area contributed by atoms with Gasteiger partial charge in [0.05, 0.1) is 19.5 Å². The third-order valence-corrected chi connectivity index (χ3v) is 6.43. The molecule has 2 atom stereocenters. The molecule has 1 aliphatic rings. The van der Waals surface area contributed by atoms with Crippen molar-refractivity contribution in [1.29, 1.82) is 0 Å². The number of hydrogen-bond acceptors (Lipinski definition) is 6. The van der Waals surface area contributed by atoms with E-state index in [1.807, 2.05) is 0 Å². The van der Waals surface area contributed by atoms with Gasteiger partial charge in [-0.1, -0.05) is 58.4 Å². The van der Waals surface area contributed by atoms with Gasteiger partial charge in [0.15, 0.2) is 5.78 Å². The molecule has 2 unspecified atom stereocenters. The molecule has 33 heavy (non-hydrogen) atoms. The van der Waals surface area contributed by atoms with Crippen molar-refractivity contribution in [2.75, 3.05) is 13.2 Å². The molecule has 174 valence electrons. The van der Waals surface area contributed by atoms with E-state index in [4.69, 9.17) is 14.2 Å². The Morgan fingerprint density at radius 2 is 1.67 bits per heavy atom. The zero-order chi connectivity index (χ0) is 24.1. The largest absolute Gasteiger partial charge is 0.496 e. The number of carbonyl (C=O) groups is 3. The molecule has 2 aromatic rings. The summed E-state index contributed by atoms with van der Waals surface area (Å²) in [6.45, 7) is 3.29. The first-order valence-corrected chi connectivity index (χ1v) is 11.3. The number of alkyl halides is 1.